The zero-order valence-corrected chi connectivity index (χ0v) is 59.7. The predicted molar refractivity (Wildman–Crippen MR) is 381 cm³/mol. The molecule has 0 atom stereocenters. The van der Waals surface area contributed by atoms with Crippen molar-refractivity contribution in [2.24, 2.45) is 32.5 Å². The van der Waals surface area contributed by atoms with Gasteiger partial charge in [0.1, 0.15) is 0 Å². The van der Waals surface area contributed by atoms with Gasteiger partial charge in [0.15, 0.2) is 0 Å². The maximum absolute atomic E-state index is 2.66. The van der Waals surface area contributed by atoms with Gasteiger partial charge in [0, 0.05) is 6.54 Å². The minimum absolute atomic E-state index is 0. The summed E-state index contributed by atoms with van der Waals surface area (Å²) >= 11 is 0. The standard InChI is InChI=1S/C15H31N.C14H29N.C13H27N.C12H25N.C11H23N.C10H21N.2CH4/c1-15(2,3)11-7-4-5-8-12-16-13-9-6-10-14-16;1-14(2,3)10-6-4-7-11-15-12-8-5-9-13-15;1-13(2,3)9-5-8-12-14-10-6-4-7-11-14;1-12(2,3)8-7-11-13-9-5-4-6-10-13;1-11(2,3)7-10-12-8-5-4-6-9-12;1-10(2,3)9-11-7-5-4-6-8-11;;/h4-14H2,1-3H3;4-13H2,1-3H3;4-12H2,1-3H3;4-11H2,1-3H3;4-10H2,1-3H3;4-9H2,1-3H3;2*1H4. The molecule has 6 fully saturated rings. The number of likely N-dealkylation sites (tertiary alicyclic amines) is 6. The highest BCUT2D eigenvalue weighted by molar-refractivity contribution is 4.74. The summed E-state index contributed by atoms with van der Waals surface area (Å²) in [5, 5.41) is 0. The van der Waals surface area contributed by atoms with Crippen LogP contribution in [0, 0.1) is 32.5 Å². The van der Waals surface area contributed by atoms with E-state index in [1.165, 1.54) is 330 Å². The van der Waals surface area contributed by atoms with E-state index in [9.17, 15) is 0 Å². The van der Waals surface area contributed by atoms with E-state index in [0.717, 1.165) is 0 Å². The first kappa shape index (κ1) is 84.8. The van der Waals surface area contributed by atoms with Gasteiger partial charge in [-0.2, -0.15) is 0 Å². The number of hydrogen-bond donors (Lipinski definition) is 0. The van der Waals surface area contributed by atoms with E-state index < -0.39 is 0 Å². The Morgan fingerprint density at radius 3 is 0.639 bits per heavy atom. The van der Waals surface area contributed by atoms with Gasteiger partial charge < -0.3 is 29.4 Å². The Hall–Kier alpha value is -0.240. The van der Waals surface area contributed by atoms with Crippen molar-refractivity contribution in [2.75, 3.05) is 118 Å². The highest BCUT2D eigenvalue weighted by Gasteiger charge is 2.20. The fourth-order valence-electron chi connectivity index (χ4n) is 12.5. The summed E-state index contributed by atoms with van der Waals surface area (Å²) in [6.07, 6.45) is 46.8. The third-order valence-electron chi connectivity index (χ3n) is 17.7. The van der Waals surface area contributed by atoms with Gasteiger partial charge in [-0.25, -0.2) is 0 Å². The summed E-state index contributed by atoms with van der Waals surface area (Å²) in [6, 6.07) is 0. The lowest BCUT2D eigenvalue weighted by Crippen LogP contribution is -2.36. The third-order valence-corrected chi connectivity index (χ3v) is 17.7. The highest BCUT2D eigenvalue weighted by Crippen LogP contribution is 2.26. The Bertz CT molecular complexity index is 1350. The van der Waals surface area contributed by atoms with Crippen LogP contribution in [0.25, 0.3) is 0 Å². The van der Waals surface area contributed by atoms with Crippen LogP contribution in [0.2, 0.25) is 0 Å². The molecule has 0 unspecified atom stereocenters. The topological polar surface area (TPSA) is 19.4 Å². The molecule has 6 heteroatoms. The number of piperidine rings is 6. The van der Waals surface area contributed by atoms with Gasteiger partial charge in [-0.05, 0) is 279 Å². The summed E-state index contributed by atoms with van der Waals surface area (Å²) < 4.78 is 0. The molecule has 0 radical (unpaired) electrons. The van der Waals surface area contributed by atoms with Crippen LogP contribution < -0.4 is 0 Å². The molecule has 6 saturated heterocycles. The highest BCUT2D eigenvalue weighted by atomic mass is 15.1. The van der Waals surface area contributed by atoms with Crippen LogP contribution in [-0.4, -0.2) is 147 Å². The van der Waals surface area contributed by atoms with Crippen LogP contribution in [0.5, 0.6) is 0 Å². The quantitative estimate of drug-likeness (QED) is 0.106. The van der Waals surface area contributed by atoms with E-state index in [2.05, 4.69) is 154 Å². The van der Waals surface area contributed by atoms with Crippen LogP contribution in [0.3, 0.4) is 0 Å². The lowest BCUT2D eigenvalue weighted by molar-refractivity contribution is 0.164. The van der Waals surface area contributed by atoms with Gasteiger partial charge >= 0.3 is 0 Å². The molecular weight excluding hydrogens is 1010 g/mol. The van der Waals surface area contributed by atoms with E-state index in [4.69, 9.17) is 0 Å². The normalized spacial score (nSPS) is 19.7. The predicted octanol–water partition coefficient (Wildman–Crippen LogP) is 22.2. The average Bonchev–Trinajstić information content (AvgIpc) is 3.39. The first-order valence-corrected chi connectivity index (χ1v) is 36.3. The van der Waals surface area contributed by atoms with Crippen LogP contribution in [0.4, 0.5) is 0 Å². The fourth-order valence-corrected chi connectivity index (χ4v) is 12.5. The van der Waals surface area contributed by atoms with Crippen molar-refractivity contribution in [3.8, 4) is 0 Å². The van der Waals surface area contributed by atoms with Crippen molar-refractivity contribution in [2.45, 2.75) is 351 Å². The Balaban J connectivity index is 0. The van der Waals surface area contributed by atoms with Crippen molar-refractivity contribution in [1.82, 2.24) is 29.4 Å². The minimum Gasteiger partial charge on any atom is -0.303 e. The average molecular weight is 1170 g/mol. The molecule has 83 heavy (non-hydrogen) atoms. The number of rotatable bonds is 21. The number of unbranched alkanes of at least 4 members (excludes halogenated alkanes) is 6. The van der Waals surface area contributed by atoms with Gasteiger partial charge in [-0.3, -0.25) is 0 Å². The van der Waals surface area contributed by atoms with E-state index in [-0.39, 0.29) is 14.9 Å². The maximum atomic E-state index is 2.66. The van der Waals surface area contributed by atoms with Crippen molar-refractivity contribution in [3.05, 3.63) is 0 Å². The Morgan fingerprint density at radius 1 is 0.181 bits per heavy atom. The molecule has 0 saturated carbocycles. The van der Waals surface area contributed by atoms with Crippen LogP contribution in [-0.2, 0) is 0 Å². The van der Waals surface area contributed by atoms with E-state index >= 15 is 0 Å². The third kappa shape index (κ3) is 60.4. The fraction of sp³-hybridized carbons (Fsp3) is 1.00. The van der Waals surface area contributed by atoms with Gasteiger partial charge in [-0.1, -0.05) is 217 Å². The number of hydrogen-bond acceptors (Lipinski definition) is 6. The zero-order chi connectivity index (χ0) is 60.5. The molecule has 0 amide bonds. The monoisotopic (exact) mass is 1170 g/mol. The smallest absolute Gasteiger partial charge is 0.00300 e. The summed E-state index contributed by atoms with van der Waals surface area (Å²) in [5.41, 5.74) is 3.12. The van der Waals surface area contributed by atoms with Crippen LogP contribution in [0.15, 0.2) is 0 Å². The second kappa shape index (κ2) is 48.6. The van der Waals surface area contributed by atoms with Crippen LogP contribution >= 0.6 is 0 Å². The van der Waals surface area contributed by atoms with Crippen molar-refractivity contribution in [3.63, 3.8) is 0 Å². The molecule has 0 aromatic heterocycles. The largest absolute Gasteiger partial charge is 0.303 e. The summed E-state index contributed by atoms with van der Waals surface area (Å²) in [4.78, 5) is 15.8. The second-order valence-corrected chi connectivity index (χ2v) is 34.5. The van der Waals surface area contributed by atoms with Gasteiger partial charge in [0.05, 0.1) is 0 Å². The molecule has 0 spiro atoms. The summed E-state index contributed by atoms with van der Waals surface area (Å²) in [7, 11) is 0. The molecule has 0 aliphatic carbocycles. The van der Waals surface area contributed by atoms with Crippen LogP contribution in [0.1, 0.15) is 351 Å². The molecular formula is C77H164N6. The first-order chi connectivity index (χ1) is 38.0. The number of nitrogens with zero attached hydrogens (tertiary/aromatic N) is 6. The molecule has 6 aliphatic rings. The summed E-state index contributed by atoms with van der Waals surface area (Å²) in [5.74, 6) is 0. The minimum atomic E-state index is 0. The Morgan fingerprint density at radius 2 is 0.373 bits per heavy atom. The maximum Gasteiger partial charge on any atom is 0.00300 e. The van der Waals surface area contributed by atoms with E-state index in [1.807, 2.05) is 0 Å². The second-order valence-electron chi connectivity index (χ2n) is 34.5. The Kier molecular flexibility index (Phi) is 49.7. The SMILES string of the molecule is C.C.CC(C)(C)CCCCCCN1CCCCC1.CC(C)(C)CCCCCN1CCCCC1.CC(C)(C)CCCCN1CCCCC1.CC(C)(C)CCCN1CCCCC1.CC(C)(C)CCN1CCCCC1.CC(C)(C)CN1CCCCC1. The summed E-state index contributed by atoms with van der Waals surface area (Å²) in [6.45, 7) is 66.2. The molecule has 0 bridgehead atoms. The molecule has 502 valence electrons. The Labute approximate surface area is 528 Å². The lowest BCUT2D eigenvalue weighted by Gasteiger charge is -2.32. The molecule has 0 N–H and O–H groups in total. The lowest BCUT2D eigenvalue weighted by atomic mass is 9.89. The van der Waals surface area contributed by atoms with Crippen molar-refractivity contribution < 1.29 is 0 Å². The van der Waals surface area contributed by atoms with Gasteiger partial charge in [-0.15, -0.1) is 0 Å². The molecule has 0 aromatic carbocycles. The molecule has 6 rings (SSSR count). The molecule has 6 aliphatic heterocycles. The molecule has 6 nitrogen and oxygen atoms in total. The van der Waals surface area contributed by atoms with Crippen molar-refractivity contribution >= 4 is 0 Å². The molecule has 0 aromatic rings. The van der Waals surface area contributed by atoms with E-state index in [0.29, 0.717) is 32.5 Å². The van der Waals surface area contributed by atoms with Gasteiger partial charge in [0.25, 0.3) is 0 Å². The molecule has 6 heterocycles. The zero-order valence-electron chi connectivity index (χ0n) is 59.7. The first-order valence-electron chi connectivity index (χ1n) is 36.3. The van der Waals surface area contributed by atoms with Crippen molar-refractivity contribution in [1.29, 1.82) is 0 Å². The van der Waals surface area contributed by atoms with E-state index in [1.54, 1.807) is 0 Å². The van der Waals surface area contributed by atoms with Gasteiger partial charge in [0.2, 0.25) is 0 Å².